The van der Waals surface area contributed by atoms with E-state index in [2.05, 4.69) is 10.6 Å². The molecule has 1 heterocycles. The fourth-order valence-electron chi connectivity index (χ4n) is 3.69. The molecule has 1 amide bonds. The number of thioether (sulfide) groups is 1. The predicted molar refractivity (Wildman–Crippen MR) is 107 cm³/mol. The van der Waals surface area contributed by atoms with Crippen LogP contribution in [0.15, 0.2) is 29.4 Å². The Morgan fingerprint density at radius 2 is 2.08 bits per heavy atom. The number of fused-ring (bicyclic) bond motifs is 1. The number of methoxy groups -OCH3 is 1. The molecule has 6 heteroatoms. The number of aromatic nitrogens is 2. The summed E-state index contributed by atoms with van der Waals surface area (Å²) < 4.78 is 7.42. The fraction of sp³-hybridized carbons (Fsp3) is 0.600. The van der Waals surface area contributed by atoms with Crippen LogP contribution in [0.4, 0.5) is 0 Å². The normalized spacial score (nSPS) is 16.7. The second-order valence-electron chi connectivity index (χ2n) is 7.03. The summed E-state index contributed by atoms with van der Waals surface area (Å²) in [7, 11) is 3.67. The Morgan fingerprint density at radius 3 is 2.81 bits per heavy atom. The van der Waals surface area contributed by atoms with Gasteiger partial charge < -0.3 is 14.2 Å². The van der Waals surface area contributed by atoms with Gasteiger partial charge in [-0.15, -0.1) is 0 Å². The minimum atomic E-state index is -0.153. The highest BCUT2D eigenvalue weighted by atomic mass is 32.2. The van der Waals surface area contributed by atoms with Gasteiger partial charge in [0.15, 0.2) is 5.16 Å². The predicted octanol–water partition coefficient (Wildman–Crippen LogP) is 3.95. The number of amides is 1. The highest BCUT2D eigenvalue weighted by molar-refractivity contribution is 8.00. The van der Waals surface area contributed by atoms with E-state index in [1.165, 1.54) is 19.3 Å². The lowest BCUT2D eigenvalue weighted by molar-refractivity contribution is -0.131. The van der Waals surface area contributed by atoms with Gasteiger partial charge in [-0.25, -0.2) is 4.98 Å². The number of carbonyl (C=O) groups excluding carboxylic acids is 1. The van der Waals surface area contributed by atoms with Crippen molar-refractivity contribution in [3.8, 4) is 0 Å². The minimum absolute atomic E-state index is 0.153. The second kappa shape index (κ2) is 8.91. The molecule has 1 atom stereocenters. The molecule has 3 rings (SSSR count). The van der Waals surface area contributed by atoms with Crippen LogP contribution in [0.2, 0.25) is 0 Å². The summed E-state index contributed by atoms with van der Waals surface area (Å²) in [5.41, 5.74) is 2.05. The Labute approximate surface area is 160 Å². The molecule has 0 aliphatic heterocycles. The van der Waals surface area contributed by atoms with E-state index in [1.54, 1.807) is 18.9 Å². The van der Waals surface area contributed by atoms with Crippen LogP contribution < -0.4 is 0 Å². The number of ether oxygens (including phenoxy) is 1. The smallest absolute Gasteiger partial charge is 0.235 e. The van der Waals surface area contributed by atoms with Crippen molar-refractivity contribution in [3.63, 3.8) is 0 Å². The number of carbonyl (C=O) groups is 1. The molecule has 26 heavy (non-hydrogen) atoms. The lowest BCUT2D eigenvalue weighted by Crippen LogP contribution is -2.42. The Hall–Kier alpha value is -1.53. The molecule has 1 aromatic heterocycles. The molecule has 0 radical (unpaired) electrons. The first kappa shape index (κ1) is 19.2. The maximum Gasteiger partial charge on any atom is 0.235 e. The molecule has 1 fully saturated rings. The molecule has 1 aliphatic carbocycles. The summed E-state index contributed by atoms with van der Waals surface area (Å²) in [4.78, 5) is 19.7. The number of benzene rings is 1. The van der Waals surface area contributed by atoms with Gasteiger partial charge in [-0.05, 0) is 31.9 Å². The summed E-state index contributed by atoms with van der Waals surface area (Å²) in [6.07, 6.45) is 6.03. The third kappa shape index (κ3) is 4.23. The number of rotatable bonds is 7. The number of para-hydroxylation sites is 2. The van der Waals surface area contributed by atoms with E-state index in [-0.39, 0.29) is 11.2 Å². The maximum absolute atomic E-state index is 12.9. The largest absolute Gasteiger partial charge is 0.383 e. The molecular weight excluding hydrogens is 346 g/mol. The minimum Gasteiger partial charge on any atom is -0.383 e. The molecule has 0 bridgehead atoms. The van der Waals surface area contributed by atoms with Crippen molar-refractivity contribution in [2.24, 2.45) is 0 Å². The molecule has 0 spiro atoms. The SMILES string of the molecule is COCCn1c(SC(C)C(=O)N(C)C2CCCCC2)nc2ccccc21. The van der Waals surface area contributed by atoms with Gasteiger partial charge >= 0.3 is 0 Å². The van der Waals surface area contributed by atoms with Gasteiger partial charge in [0.1, 0.15) is 0 Å². The van der Waals surface area contributed by atoms with Crippen molar-refractivity contribution in [1.29, 1.82) is 0 Å². The van der Waals surface area contributed by atoms with Crippen molar-refractivity contribution in [3.05, 3.63) is 24.3 Å². The molecule has 142 valence electrons. The van der Waals surface area contributed by atoms with Gasteiger partial charge in [0, 0.05) is 26.7 Å². The number of hydrogen-bond acceptors (Lipinski definition) is 4. The Bertz CT molecular complexity index is 740. The second-order valence-corrected chi connectivity index (χ2v) is 8.34. The molecule has 2 aromatic rings. The third-order valence-electron chi connectivity index (χ3n) is 5.24. The Balaban J connectivity index is 1.75. The standard InChI is InChI=1S/C20H29N3O2S/c1-15(19(24)22(2)16-9-5-4-6-10-16)26-20-21-17-11-7-8-12-18(17)23(20)13-14-25-3/h7-8,11-12,15-16H,4-6,9-10,13-14H2,1-3H3. The summed E-state index contributed by atoms with van der Waals surface area (Å²) in [5, 5.41) is 0.737. The quantitative estimate of drug-likeness (QED) is 0.688. The first-order valence-electron chi connectivity index (χ1n) is 9.49. The summed E-state index contributed by atoms with van der Waals surface area (Å²) >= 11 is 1.55. The van der Waals surface area contributed by atoms with Gasteiger partial charge in [0.05, 0.1) is 22.9 Å². The third-order valence-corrected chi connectivity index (χ3v) is 6.32. The van der Waals surface area contributed by atoms with Crippen LogP contribution in [0.3, 0.4) is 0 Å². The number of nitrogens with zero attached hydrogens (tertiary/aromatic N) is 3. The van der Waals surface area contributed by atoms with Crippen molar-refractivity contribution in [2.45, 2.75) is 62.0 Å². The van der Waals surface area contributed by atoms with Gasteiger partial charge in [-0.2, -0.15) is 0 Å². The maximum atomic E-state index is 12.9. The van der Waals surface area contributed by atoms with E-state index in [4.69, 9.17) is 9.72 Å². The zero-order chi connectivity index (χ0) is 18.5. The van der Waals surface area contributed by atoms with Crippen LogP contribution >= 0.6 is 11.8 Å². The average Bonchev–Trinajstić information content (AvgIpc) is 3.02. The molecule has 1 aliphatic rings. The van der Waals surface area contributed by atoms with E-state index in [9.17, 15) is 4.79 Å². The highest BCUT2D eigenvalue weighted by Crippen LogP contribution is 2.29. The van der Waals surface area contributed by atoms with Crippen LogP contribution in [0.1, 0.15) is 39.0 Å². The summed E-state index contributed by atoms with van der Waals surface area (Å²) in [5.74, 6) is 0.201. The topological polar surface area (TPSA) is 47.4 Å². The summed E-state index contributed by atoms with van der Waals surface area (Å²) in [6.45, 7) is 3.35. The lowest BCUT2D eigenvalue weighted by atomic mass is 9.94. The van der Waals surface area contributed by atoms with Crippen LogP contribution in [-0.4, -0.2) is 52.4 Å². The number of imidazole rings is 1. The van der Waals surface area contributed by atoms with Crippen molar-refractivity contribution < 1.29 is 9.53 Å². The van der Waals surface area contributed by atoms with Crippen molar-refractivity contribution in [1.82, 2.24) is 14.5 Å². The molecule has 1 unspecified atom stereocenters. The van der Waals surface area contributed by atoms with E-state index in [0.29, 0.717) is 12.6 Å². The zero-order valence-corrected chi connectivity index (χ0v) is 16.8. The van der Waals surface area contributed by atoms with Crippen molar-refractivity contribution in [2.75, 3.05) is 20.8 Å². The lowest BCUT2D eigenvalue weighted by Gasteiger charge is -2.32. The van der Waals surface area contributed by atoms with Crippen LogP contribution in [0, 0.1) is 0 Å². The van der Waals surface area contributed by atoms with Gasteiger partial charge in [0.2, 0.25) is 5.91 Å². The van der Waals surface area contributed by atoms with Crippen molar-refractivity contribution >= 4 is 28.7 Å². The first-order chi connectivity index (χ1) is 12.6. The average molecular weight is 376 g/mol. The fourth-order valence-corrected chi connectivity index (χ4v) is 4.74. The monoisotopic (exact) mass is 375 g/mol. The van der Waals surface area contributed by atoms with E-state index in [0.717, 1.165) is 35.6 Å². The van der Waals surface area contributed by atoms with E-state index < -0.39 is 0 Å². The molecule has 0 N–H and O–H groups in total. The molecule has 0 saturated heterocycles. The van der Waals surface area contributed by atoms with Crippen LogP contribution in [0.25, 0.3) is 11.0 Å². The zero-order valence-electron chi connectivity index (χ0n) is 16.0. The van der Waals surface area contributed by atoms with E-state index >= 15 is 0 Å². The van der Waals surface area contributed by atoms with Crippen LogP contribution in [0.5, 0.6) is 0 Å². The molecule has 1 saturated carbocycles. The highest BCUT2D eigenvalue weighted by Gasteiger charge is 2.27. The van der Waals surface area contributed by atoms with Gasteiger partial charge in [0.25, 0.3) is 0 Å². The Morgan fingerprint density at radius 1 is 1.35 bits per heavy atom. The van der Waals surface area contributed by atoms with E-state index in [1.807, 2.05) is 37.1 Å². The van der Waals surface area contributed by atoms with Crippen LogP contribution in [-0.2, 0) is 16.1 Å². The molecular formula is C20H29N3O2S. The Kier molecular flexibility index (Phi) is 6.59. The van der Waals surface area contributed by atoms with Gasteiger partial charge in [-0.3, -0.25) is 4.79 Å². The summed E-state index contributed by atoms with van der Waals surface area (Å²) in [6, 6.07) is 8.50. The first-order valence-corrected chi connectivity index (χ1v) is 10.4. The van der Waals surface area contributed by atoms with Gasteiger partial charge in [-0.1, -0.05) is 43.2 Å². The number of hydrogen-bond donors (Lipinski definition) is 0. The molecule has 1 aromatic carbocycles. The molecule has 5 nitrogen and oxygen atoms in total.